The highest BCUT2D eigenvalue weighted by Gasteiger charge is 2.04. The number of ether oxygens (including phenoxy) is 1. The molecular weight excluding hydrogens is 232 g/mol. The third kappa shape index (κ3) is 3.99. The Morgan fingerprint density at radius 3 is 2.21 bits per heavy atom. The second-order valence-corrected chi connectivity index (χ2v) is 4.69. The summed E-state index contributed by atoms with van der Waals surface area (Å²) in [5.74, 6) is 2.30. The molecule has 1 unspecified atom stereocenters. The predicted octanol–water partition coefficient (Wildman–Crippen LogP) is 5.55. The molecule has 1 atom stereocenters. The number of hydrogen-bond donors (Lipinski definition) is 0. The van der Waals surface area contributed by atoms with E-state index >= 15 is 0 Å². The molecule has 0 fully saturated rings. The molecule has 0 spiro atoms. The van der Waals surface area contributed by atoms with Gasteiger partial charge in [0.2, 0.25) is 0 Å². The second kappa shape index (κ2) is 6.79. The fourth-order valence-corrected chi connectivity index (χ4v) is 1.97. The van der Waals surface area contributed by atoms with Crippen molar-refractivity contribution in [2.24, 2.45) is 0 Å². The summed E-state index contributed by atoms with van der Waals surface area (Å²) in [4.78, 5) is 0. The van der Waals surface area contributed by atoms with Crippen molar-refractivity contribution in [3.63, 3.8) is 0 Å². The molecule has 2 rings (SSSR count). The van der Waals surface area contributed by atoms with Gasteiger partial charge in [-0.15, -0.1) is 0 Å². The Hall–Kier alpha value is -2.02. The Labute approximate surface area is 115 Å². The van der Waals surface area contributed by atoms with Crippen LogP contribution in [0.2, 0.25) is 0 Å². The highest BCUT2D eigenvalue weighted by Crippen LogP contribution is 2.25. The van der Waals surface area contributed by atoms with E-state index in [1.807, 2.05) is 42.5 Å². The maximum Gasteiger partial charge on any atom is 0.127 e. The van der Waals surface area contributed by atoms with Gasteiger partial charge in [0.05, 0.1) is 0 Å². The van der Waals surface area contributed by atoms with E-state index in [1.54, 1.807) is 0 Å². The first-order chi connectivity index (χ1) is 9.29. The van der Waals surface area contributed by atoms with Crippen LogP contribution in [0.1, 0.15) is 31.7 Å². The molecule has 1 nitrogen and oxygen atoms in total. The molecule has 0 saturated carbocycles. The zero-order valence-electron chi connectivity index (χ0n) is 11.5. The first-order valence-electron chi connectivity index (χ1n) is 6.73. The van der Waals surface area contributed by atoms with E-state index in [0.29, 0.717) is 5.92 Å². The average Bonchev–Trinajstić information content (AvgIpc) is 2.46. The van der Waals surface area contributed by atoms with Gasteiger partial charge in [0.25, 0.3) is 0 Å². The van der Waals surface area contributed by atoms with Crippen LogP contribution in [0.3, 0.4) is 0 Å². The van der Waals surface area contributed by atoms with E-state index in [0.717, 1.165) is 17.9 Å². The van der Waals surface area contributed by atoms with Crippen LogP contribution in [0.5, 0.6) is 11.5 Å². The smallest absolute Gasteiger partial charge is 0.127 e. The fourth-order valence-electron chi connectivity index (χ4n) is 1.97. The molecule has 0 bridgehead atoms. The Bertz CT molecular complexity index is 511. The van der Waals surface area contributed by atoms with Crippen molar-refractivity contribution >= 4 is 0 Å². The molecule has 0 N–H and O–H groups in total. The van der Waals surface area contributed by atoms with Gasteiger partial charge < -0.3 is 4.74 Å². The van der Waals surface area contributed by atoms with Crippen molar-refractivity contribution in [3.8, 4) is 11.5 Å². The number of rotatable bonds is 5. The zero-order chi connectivity index (χ0) is 13.5. The summed E-state index contributed by atoms with van der Waals surface area (Å²) >= 11 is 0. The standard InChI is InChI=1S/C18H20O/c1-3-4-8-15(2)16-11-13-18(14-12-16)19-17-9-6-5-7-10-17/h3-7,9-15H,8H2,1-2H3/b4-3-. The van der Waals surface area contributed by atoms with Crippen LogP contribution in [0, 0.1) is 0 Å². The minimum Gasteiger partial charge on any atom is -0.457 e. The minimum atomic E-state index is 0.543. The lowest BCUT2D eigenvalue weighted by molar-refractivity contribution is 0.482. The third-order valence-corrected chi connectivity index (χ3v) is 3.15. The van der Waals surface area contributed by atoms with Crippen LogP contribution >= 0.6 is 0 Å². The van der Waals surface area contributed by atoms with Crippen molar-refractivity contribution in [1.29, 1.82) is 0 Å². The van der Waals surface area contributed by atoms with Gasteiger partial charge in [-0.1, -0.05) is 49.4 Å². The lowest BCUT2D eigenvalue weighted by Crippen LogP contribution is -1.92. The molecule has 1 heteroatoms. The van der Waals surface area contributed by atoms with Gasteiger partial charge in [-0.3, -0.25) is 0 Å². The maximum atomic E-state index is 5.78. The molecule has 0 radical (unpaired) electrons. The van der Waals surface area contributed by atoms with E-state index < -0.39 is 0 Å². The van der Waals surface area contributed by atoms with Gasteiger partial charge in [0.15, 0.2) is 0 Å². The van der Waals surface area contributed by atoms with Crippen LogP contribution in [0.25, 0.3) is 0 Å². The quantitative estimate of drug-likeness (QED) is 0.634. The number of allylic oxidation sites excluding steroid dienone is 2. The van der Waals surface area contributed by atoms with Crippen molar-refractivity contribution < 1.29 is 4.74 Å². The molecule has 0 amide bonds. The van der Waals surface area contributed by atoms with Crippen LogP contribution in [-0.2, 0) is 0 Å². The average molecular weight is 252 g/mol. The zero-order valence-corrected chi connectivity index (χ0v) is 11.5. The lowest BCUT2D eigenvalue weighted by Gasteiger charge is -2.11. The van der Waals surface area contributed by atoms with E-state index in [9.17, 15) is 0 Å². The van der Waals surface area contributed by atoms with Gasteiger partial charge in [0, 0.05) is 0 Å². The SMILES string of the molecule is C/C=C\CC(C)c1ccc(Oc2ccccc2)cc1. The van der Waals surface area contributed by atoms with Crippen LogP contribution in [-0.4, -0.2) is 0 Å². The third-order valence-electron chi connectivity index (χ3n) is 3.15. The van der Waals surface area contributed by atoms with E-state index in [-0.39, 0.29) is 0 Å². The Balaban J connectivity index is 2.02. The predicted molar refractivity (Wildman–Crippen MR) is 80.8 cm³/mol. The van der Waals surface area contributed by atoms with E-state index in [1.165, 1.54) is 5.56 Å². The summed E-state index contributed by atoms with van der Waals surface area (Å²) in [6, 6.07) is 18.2. The molecule has 98 valence electrons. The molecular formula is C18H20O. The number of hydrogen-bond acceptors (Lipinski definition) is 1. The fraction of sp³-hybridized carbons (Fsp3) is 0.222. The number of benzene rings is 2. The largest absolute Gasteiger partial charge is 0.457 e. The molecule has 0 aliphatic carbocycles. The highest BCUT2D eigenvalue weighted by molar-refractivity contribution is 5.34. The van der Waals surface area contributed by atoms with Gasteiger partial charge in [-0.2, -0.15) is 0 Å². The highest BCUT2D eigenvalue weighted by atomic mass is 16.5. The van der Waals surface area contributed by atoms with Gasteiger partial charge in [0.1, 0.15) is 11.5 Å². The monoisotopic (exact) mass is 252 g/mol. The molecule has 0 saturated heterocycles. The molecule has 2 aromatic rings. The summed E-state index contributed by atoms with van der Waals surface area (Å²) in [6.07, 6.45) is 5.39. The van der Waals surface area contributed by atoms with E-state index in [4.69, 9.17) is 4.74 Å². The van der Waals surface area contributed by atoms with Crippen molar-refractivity contribution in [2.75, 3.05) is 0 Å². The van der Waals surface area contributed by atoms with Gasteiger partial charge in [-0.25, -0.2) is 0 Å². The van der Waals surface area contributed by atoms with Crippen LogP contribution in [0.4, 0.5) is 0 Å². The summed E-state index contributed by atoms with van der Waals surface area (Å²) in [7, 11) is 0. The van der Waals surface area contributed by atoms with Gasteiger partial charge >= 0.3 is 0 Å². The Morgan fingerprint density at radius 1 is 0.947 bits per heavy atom. The summed E-state index contributed by atoms with van der Waals surface area (Å²) < 4.78 is 5.78. The van der Waals surface area contributed by atoms with Crippen molar-refractivity contribution in [3.05, 3.63) is 72.3 Å². The summed E-state index contributed by atoms with van der Waals surface area (Å²) in [5.41, 5.74) is 1.35. The summed E-state index contributed by atoms with van der Waals surface area (Å²) in [6.45, 7) is 4.30. The summed E-state index contributed by atoms with van der Waals surface area (Å²) in [5, 5.41) is 0. The number of para-hydroxylation sites is 1. The molecule has 0 aliphatic heterocycles. The van der Waals surface area contributed by atoms with Crippen LogP contribution in [0.15, 0.2) is 66.7 Å². The second-order valence-electron chi connectivity index (χ2n) is 4.69. The first-order valence-corrected chi connectivity index (χ1v) is 6.73. The topological polar surface area (TPSA) is 9.23 Å². The Morgan fingerprint density at radius 2 is 1.58 bits per heavy atom. The molecule has 0 aliphatic rings. The van der Waals surface area contributed by atoms with Crippen molar-refractivity contribution in [1.82, 2.24) is 0 Å². The van der Waals surface area contributed by atoms with Gasteiger partial charge in [-0.05, 0) is 49.1 Å². The molecule has 0 aromatic heterocycles. The molecule has 19 heavy (non-hydrogen) atoms. The van der Waals surface area contributed by atoms with Crippen molar-refractivity contribution in [2.45, 2.75) is 26.2 Å². The molecule has 2 aromatic carbocycles. The Kier molecular flexibility index (Phi) is 4.79. The van der Waals surface area contributed by atoms with Crippen LogP contribution < -0.4 is 4.74 Å². The normalized spacial score (nSPS) is 12.5. The lowest BCUT2D eigenvalue weighted by atomic mass is 9.98. The first kappa shape index (κ1) is 13.4. The van der Waals surface area contributed by atoms with E-state index in [2.05, 4.69) is 38.1 Å². The minimum absolute atomic E-state index is 0.543. The maximum absolute atomic E-state index is 5.78. The molecule has 0 heterocycles.